The molecule has 1 aromatic heterocycles. The zero-order valence-corrected chi connectivity index (χ0v) is 9.35. The van der Waals surface area contributed by atoms with E-state index in [4.69, 9.17) is 10.8 Å². The molecule has 1 heterocycles. The van der Waals surface area contributed by atoms with Gasteiger partial charge < -0.3 is 21.1 Å². The first-order valence-electron chi connectivity index (χ1n) is 5.32. The molecule has 1 amide bonds. The first-order valence-corrected chi connectivity index (χ1v) is 5.32. The highest BCUT2D eigenvalue weighted by molar-refractivity contribution is 5.82. The fourth-order valence-electron chi connectivity index (χ4n) is 1.28. The zero-order chi connectivity index (χ0) is 12.7. The van der Waals surface area contributed by atoms with Gasteiger partial charge in [0.25, 0.3) is 0 Å². The summed E-state index contributed by atoms with van der Waals surface area (Å²) in [7, 11) is 0. The van der Waals surface area contributed by atoms with E-state index in [2.05, 4.69) is 15.3 Å². The maximum absolute atomic E-state index is 11.4. The summed E-state index contributed by atoms with van der Waals surface area (Å²) in [5, 5.41) is 11.1. The van der Waals surface area contributed by atoms with Crippen LogP contribution in [-0.2, 0) is 16.0 Å². The van der Waals surface area contributed by atoms with Crippen molar-refractivity contribution < 1.29 is 14.7 Å². The number of carbonyl (C=O) groups is 2. The molecule has 1 rings (SSSR count). The molecular weight excluding hydrogens is 224 g/mol. The summed E-state index contributed by atoms with van der Waals surface area (Å²) in [4.78, 5) is 28.5. The molecular formula is C10H16N4O3. The number of aromatic amines is 1. The van der Waals surface area contributed by atoms with Gasteiger partial charge in [0.2, 0.25) is 5.91 Å². The maximum Gasteiger partial charge on any atom is 0.303 e. The summed E-state index contributed by atoms with van der Waals surface area (Å²) in [5.74, 6) is -1.28. The van der Waals surface area contributed by atoms with Crippen LogP contribution in [0.5, 0.6) is 0 Å². The number of amides is 1. The predicted molar refractivity (Wildman–Crippen MR) is 60.1 cm³/mol. The van der Waals surface area contributed by atoms with E-state index < -0.39 is 12.0 Å². The van der Waals surface area contributed by atoms with Crippen LogP contribution in [0.1, 0.15) is 18.5 Å². The summed E-state index contributed by atoms with van der Waals surface area (Å²) < 4.78 is 0. The van der Waals surface area contributed by atoms with Crippen LogP contribution < -0.4 is 11.1 Å². The zero-order valence-electron chi connectivity index (χ0n) is 9.35. The van der Waals surface area contributed by atoms with Gasteiger partial charge in [-0.1, -0.05) is 0 Å². The Morgan fingerprint density at radius 3 is 2.94 bits per heavy atom. The molecule has 0 saturated heterocycles. The number of nitrogens with two attached hydrogens (primary N) is 1. The molecule has 17 heavy (non-hydrogen) atoms. The standard InChI is InChI=1S/C10H16N4O3/c11-8(1-2-9(15)16)10(17)13-4-3-7-5-12-6-14-7/h5-6,8H,1-4,11H2,(H,12,14)(H,13,17)(H,15,16)/t8-/m1/s1. The average molecular weight is 240 g/mol. The van der Waals surface area contributed by atoms with Crippen LogP contribution in [0.4, 0.5) is 0 Å². The lowest BCUT2D eigenvalue weighted by Gasteiger charge is -2.10. The number of aromatic nitrogens is 2. The number of hydrogen-bond donors (Lipinski definition) is 4. The Kier molecular flexibility index (Phi) is 5.15. The molecule has 0 spiro atoms. The van der Waals surface area contributed by atoms with E-state index in [-0.39, 0.29) is 18.7 Å². The van der Waals surface area contributed by atoms with Crippen LogP contribution in [0.2, 0.25) is 0 Å². The third-order valence-corrected chi connectivity index (χ3v) is 2.25. The fraction of sp³-hybridized carbons (Fsp3) is 0.500. The Morgan fingerprint density at radius 1 is 1.59 bits per heavy atom. The van der Waals surface area contributed by atoms with Crippen molar-refractivity contribution in [2.45, 2.75) is 25.3 Å². The van der Waals surface area contributed by atoms with Gasteiger partial charge in [0.15, 0.2) is 0 Å². The first kappa shape index (κ1) is 13.2. The lowest BCUT2D eigenvalue weighted by atomic mass is 10.1. The third-order valence-electron chi connectivity index (χ3n) is 2.25. The van der Waals surface area contributed by atoms with Crippen molar-refractivity contribution in [2.24, 2.45) is 5.73 Å². The summed E-state index contributed by atoms with van der Waals surface area (Å²) in [6.07, 6.45) is 3.92. The number of carbonyl (C=O) groups excluding carboxylic acids is 1. The maximum atomic E-state index is 11.4. The minimum absolute atomic E-state index is 0.102. The first-order chi connectivity index (χ1) is 8.09. The molecule has 0 radical (unpaired) electrons. The molecule has 0 bridgehead atoms. The largest absolute Gasteiger partial charge is 0.481 e. The molecule has 0 aromatic carbocycles. The smallest absolute Gasteiger partial charge is 0.303 e. The highest BCUT2D eigenvalue weighted by Gasteiger charge is 2.14. The van der Waals surface area contributed by atoms with Gasteiger partial charge in [-0.3, -0.25) is 9.59 Å². The van der Waals surface area contributed by atoms with Gasteiger partial charge in [0.1, 0.15) is 0 Å². The second-order valence-electron chi connectivity index (χ2n) is 3.66. The third kappa shape index (κ3) is 5.12. The molecule has 0 aliphatic rings. The number of nitrogens with zero attached hydrogens (tertiary/aromatic N) is 1. The second kappa shape index (κ2) is 6.64. The molecule has 1 atom stereocenters. The summed E-state index contributed by atoms with van der Waals surface area (Å²) in [6.45, 7) is 0.446. The number of carboxylic acids is 1. The Hall–Kier alpha value is -1.89. The fourth-order valence-corrected chi connectivity index (χ4v) is 1.28. The molecule has 0 aliphatic carbocycles. The Bertz CT molecular complexity index is 364. The van der Waals surface area contributed by atoms with Crippen molar-refractivity contribution in [1.29, 1.82) is 0 Å². The number of nitrogens with one attached hydrogen (secondary N) is 2. The molecule has 5 N–H and O–H groups in total. The molecule has 0 fully saturated rings. The molecule has 0 saturated carbocycles. The Labute approximate surface area is 98.4 Å². The minimum Gasteiger partial charge on any atom is -0.481 e. The molecule has 0 aliphatic heterocycles. The van der Waals surface area contributed by atoms with Crippen LogP contribution >= 0.6 is 0 Å². The van der Waals surface area contributed by atoms with E-state index in [1.54, 1.807) is 12.5 Å². The van der Waals surface area contributed by atoms with Gasteiger partial charge in [0, 0.05) is 31.3 Å². The normalized spacial score (nSPS) is 12.1. The molecule has 94 valence electrons. The van der Waals surface area contributed by atoms with E-state index >= 15 is 0 Å². The van der Waals surface area contributed by atoms with Crippen LogP contribution in [0.15, 0.2) is 12.5 Å². The van der Waals surface area contributed by atoms with Gasteiger partial charge in [-0.15, -0.1) is 0 Å². The van der Waals surface area contributed by atoms with Crippen LogP contribution in [0, 0.1) is 0 Å². The number of carboxylic acid groups (broad SMARTS) is 1. The highest BCUT2D eigenvalue weighted by atomic mass is 16.4. The summed E-state index contributed by atoms with van der Waals surface area (Å²) in [5.41, 5.74) is 6.45. The topological polar surface area (TPSA) is 121 Å². The van der Waals surface area contributed by atoms with Crippen molar-refractivity contribution in [1.82, 2.24) is 15.3 Å². The minimum atomic E-state index is -0.953. The summed E-state index contributed by atoms with van der Waals surface area (Å²) >= 11 is 0. The number of H-pyrrole nitrogens is 1. The van der Waals surface area contributed by atoms with E-state index in [9.17, 15) is 9.59 Å². The molecule has 0 unspecified atom stereocenters. The van der Waals surface area contributed by atoms with Gasteiger partial charge in [0.05, 0.1) is 12.4 Å². The quantitative estimate of drug-likeness (QED) is 0.500. The van der Waals surface area contributed by atoms with Crippen molar-refractivity contribution in [3.8, 4) is 0 Å². The second-order valence-corrected chi connectivity index (χ2v) is 3.66. The van der Waals surface area contributed by atoms with Crippen molar-refractivity contribution >= 4 is 11.9 Å². The molecule has 7 heteroatoms. The van der Waals surface area contributed by atoms with E-state index in [1.807, 2.05) is 0 Å². The van der Waals surface area contributed by atoms with Crippen LogP contribution in [-0.4, -0.2) is 39.5 Å². The molecule has 7 nitrogen and oxygen atoms in total. The van der Waals surface area contributed by atoms with Crippen molar-refractivity contribution in [3.05, 3.63) is 18.2 Å². The van der Waals surface area contributed by atoms with Crippen molar-refractivity contribution in [3.63, 3.8) is 0 Å². The Balaban J connectivity index is 2.17. The lowest BCUT2D eigenvalue weighted by Crippen LogP contribution is -2.41. The Morgan fingerprint density at radius 2 is 2.35 bits per heavy atom. The molecule has 1 aromatic rings. The predicted octanol–water partition coefficient (Wildman–Crippen LogP) is -0.739. The van der Waals surface area contributed by atoms with E-state index in [0.717, 1.165) is 5.69 Å². The van der Waals surface area contributed by atoms with Crippen LogP contribution in [0.25, 0.3) is 0 Å². The van der Waals surface area contributed by atoms with E-state index in [1.165, 1.54) is 0 Å². The number of aliphatic carboxylic acids is 1. The monoisotopic (exact) mass is 240 g/mol. The summed E-state index contributed by atoms with van der Waals surface area (Å²) in [6, 6.07) is -0.770. The van der Waals surface area contributed by atoms with Gasteiger partial charge in [-0.25, -0.2) is 4.98 Å². The van der Waals surface area contributed by atoms with Crippen LogP contribution in [0.3, 0.4) is 0 Å². The van der Waals surface area contributed by atoms with Gasteiger partial charge in [-0.05, 0) is 6.42 Å². The van der Waals surface area contributed by atoms with Gasteiger partial charge in [-0.2, -0.15) is 0 Å². The SMILES string of the molecule is N[C@H](CCC(=O)O)C(=O)NCCc1cnc[nH]1. The van der Waals surface area contributed by atoms with Gasteiger partial charge >= 0.3 is 5.97 Å². The van der Waals surface area contributed by atoms with Crippen molar-refractivity contribution in [2.75, 3.05) is 6.54 Å². The number of hydrogen-bond acceptors (Lipinski definition) is 4. The van der Waals surface area contributed by atoms with E-state index in [0.29, 0.717) is 13.0 Å². The average Bonchev–Trinajstić information content (AvgIpc) is 2.78. The number of rotatable bonds is 7. The lowest BCUT2D eigenvalue weighted by molar-refractivity contribution is -0.137. The number of imidazole rings is 1. The highest BCUT2D eigenvalue weighted by Crippen LogP contribution is 1.95.